The summed E-state index contributed by atoms with van der Waals surface area (Å²) in [4.78, 5) is 12.3. The highest BCUT2D eigenvalue weighted by Crippen LogP contribution is 2.41. The molecule has 0 bridgehead atoms. The molecular weight excluding hydrogens is 552 g/mol. The summed E-state index contributed by atoms with van der Waals surface area (Å²) in [6.45, 7) is 0. The van der Waals surface area contributed by atoms with Crippen LogP contribution in [-0.4, -0.2) is 31.7 Å². The Hall–Kier alpha value is -3.66. The van der Waals surface area contributed by atoms with Crippen molar-refractivity contribution >= 4 is 34.1 Å². The Balaban J connectivity index is 1.65. The summed E-state index contributed by atoms with van der Waals surface area (Å²) in [5, 5.41) is 13.6. The van der Waals surface area contributed by atoms with Crippen LogP contribution in [0, 0.1) is 0 Å². The molecule has 0 fully saturated rings. The van der Waals surface area contributed by atoms with Crippen LogP contribution in [-0.2, 0) is 25.2 Å². The Morgan fingerprint density at radius 3 is 2.28 bits per heavy atom. The number of fused-ring (bicyclic) bond motifs is 1. The molecule has 5 aromatic rings. The van der Waals surface area contributed by atoms with E-state index in [-0.39, 0.29) is 12.3 Å². The molecule has 39 heavy (non-hydrogen) atoms. The SMILES string of the molecule is COc1nc2ccc(C(O)(c3ccc(Cl)cc3)c3cncn3C)cc2c(Cl)c1Cc1ccc(C(F)(F)F)nc1. The van der Waals surface area contributed by atoms with E-state index in [9.17, 15) is 18.3 Å². The fourth-order valence-corrected chi connectivity index (χ4v) is 4.98. The number of methoxy groups -OCH3 is 1. The third-order valence-corrected chi connectivity index (χ3v) is 7.22. The van der Waals surface area contributed by atoms with Crippen molar-refractivity contribution in [1.29, 1.82) is 0 Å². The largest absolute Gasteiger partial charge is 0.481 e. The molecule has 0 aliphatic rings. The van der Waals surface area contributed by atoms with Gasteiger partial charge in [-0.3, -0.25) is 4.98 Å². The molecule has 5 rings (SSSR count). The van der Waals surface area contributed by atoms with Crippen LogP contribution in [0.15, 0.2) is 73.3 Å². The highest BCUT2D eigenvalue weighted by atomic mass is 35.5. The van der Waals surface area contributed by atoms with E-state index in [0.29, 0.717) is 48.9 Å². The number of pyridine rings is 2. The highest BCUT2D eigenvalue weighted by Gasteiger charge is 2.37. The third-order valence-electron chi connectivity index (χ3n) is 6.53. The number of hydrogen-bond donors (Lipinski definition) is 1. The monoisotopic (exact) mass is 572 g/mol. The van der Waals surface area contributed by atoms with Crippen molar-refractivity contribution in [1.82, 2.24) is 19.5 Å². The standard InChI is InChI=1S/C28H21Cl2F3N4O2/c1-37-15-34-14-24(37)27(38,17-4-7-19(29)8-5-17)18-6-9-22-20(12-18)25(30)21(26(36-22)39-2)11-16-3-10-23(35-13-16)28(31,32)33/h3-10,12-15,38H,11H2,1-2H3. The molecule has 0 radical (unpaired) electrons. The molecule has 3 heterocycles. The van der Waals surface area contributed by atoms with Gasteiger partial charge in [0.2, 0.25) is 5.88 Å². The normalized spacial score (nSPS) is 13.4. The van der Waals surface area contributed by atoms with Gasteiger partial charge in [-0.15, -0.1) is 0 Å². The number of imidazole rings is 1. The van der Waals surface area contributed by atoms with E-state index < -0.39 is 17.5 Å². The molecule has 6 nitrogen and oxygen atoms in total. The van der Waals surface area contributed by atoms with Crippen LogP contribution in [0.25, 0.3) is 10.9 Å². The summed E-state index contributed by atoms with van der Waals surface area (Å²) < 4.78 is 46.1. The van der Waals surface area contributed by atoms with E-state index in [1.165, 1.54) is 13.2 Å². The van der Waals surface area contributed by atoms with Crippen LogP contribution in [0.4, 0.5) is 13.2 Å². The predicted octanol–water partition coefficient (Wildman–Crippen LogP) is 6.57. The quantitative estimate of drug-likeness (QED) is 0.249. The number of hydrogen-bond acceptors (Lipinski definition) is 5. The van der Waals surface area contributed by atoms with Gasteiger partial charge >= 0.3 is 6.18 Å². The van der Waals surface area contributed by atoms with Crippen LogP contribution in [0.1, 0.15) is 33.6 Å². The van der Waals surface area contributed by atoms with Gasteiger partial charge in [0.15, 0.2) is 5.60 Å². The molecule has 3 aromatic heterocycles. The lowest BCUT2D eigenvalue weighted by Crippen LogP contribution is -2.31. The minimum atomic E-state index is -4.54. The summed E-state index contributed by atoms with van der Waals surface area (Å²) in [5.74, 6) is 0.236. The summed E-state index contributed by atoms with van der Waals surface area (Å²) >= 11 is 13.0. The van der Waals surface area contributed by atoms with Crippen molar-refractivity contribution in [2.45, 2.75) is 18.2 Å². The van der Waals surface area contributed by atoms with Gasteiger partial charge < -0.3 is 14.4 Å². The third kappa shape index (κ3) is 4.93. The number of rotatable bonds is 6. The van der Waals surface area contributed by atoms with E-state index in [4.69, 9.17) is 27.9 Å². The Bertz CT molecular complexity index is 1660. The fourth-order valence-electron chi connectivity index (χ4n) is 4.55. The zero-order valence-corrected chi connectivity index (χ0v) is 22.2. The molecule has 1 unspecified atom stereocenters. The molecule has 0 saturated heterocycles. The van der Waals surface area contributed by atoms with Crippen molar-refractivity contribution in [3.8, 4) is 5.88 Å². The maximum atomic E-state index is 13.0. The first-order valence-electron chi connectivity index (χ1n) is 11.7. The highest BCUT2D eigenvalue weighted by molar-refractivity contribution is 6.36. The summed E-state index contributed by atoms with van der Waals surface area (Å²) in [6, 6.07) is 14.3. The van der Waals surface area contributed by atoms with Crippen molar-refractivity contribution in [3.05, 3.63) is 117 Å². The number of alkyl halides is 3. The van der Waals surface area contributed by atoms with Gasteiger partial charge in [0.25, 0.3) is 0 Å². The number of ether oxygens (including phenoxy) is 1. The minimum absolute atomic E-state index is 0.128. The molecule has 200 valence electrons. The van der Waals surface area contributed by atoms with Gasteiger partial charge in [-0.25, -0.2) is 9.97 Å². The average Bonchev–Trinajstić information content (AvgIpc) is 3.36. The lowest BCUT2D eigenvalue weighted by molar-refractivity contribution is -0.141. The second-order valence-electron chi connectivity index (χ2n) is 8.98. The first-order valence-corrected chi connectivity index (χ1v) is 12.4. The molecule has 0 amide bonds. The maximum Gasteiger partial charge on any atom is 0.433 e. The molecule has 0 saturated carbocycles. The maximum absolute atomic E-state index is 13.0. The van der Waals surface area contributed by atoms with E-state index >= 15 is 0 Å². The molecule has 2 aromatic carbocycles. The number of benzene rings is 2. The second kappa shape index (κ2) is 10.1. The molecule has 0 aliphatic heterocycles. The number of aromatic nitrogens is 4. The zero-order chi connectivity index (χ0) is 27.9. The van der Waals surface area contributed by atoms with Crippen molar-refractivity contribution < 1.29 is 23.0 Å². The topological polar surface area (TPSA) is 73.1 Å². The van der Waals surface area contributed by atoms with Gasteiger partial charge in [0, 0.05) is 35.6 Å². The van der Waals surface area contributed by atoms with Gasteiger partial charge in [-0.1, -0.05) is 47.5 Å². The summed E-state index contributed by atoms with van der Waals surface area (Å²) in [7, 11) is 3.22. The fraction of sp³-hybridized carbons (Fsp3) is 0.179. The van der Waals surface area contributed by atoms with Gasteiger partial charge in [-0.05, 0) is 47.0 Å². The van der Waals surface area contributed by atoms with Gasteiger partial charge in [-0.2, -0.15) is 13.2 Å². The van der Waals surface area contributed by atoms with Gasteiger partial charge in [0.1, 0.15) is 5.69 Å². The minimum Gasteiger partial charge on any atom is -0.481 e. The van der Waals surface area contributed by atoms with E-state index in [1.54, 1.807) is 66.6 Å². The predicted molar refractivity (Wildman–Crippen MR) is 142 cm³/mol. The number of halogens is 5. The van der Waals surface area contributed by atoms with Crippen molar-refractivity contribution in [2.75, 3.05) is 7.11 Å². The molecule has 0 aliphatic carbocycles. The zero-order valence-electron chi connectivity index (χ0n) is 20.7. The second-order valence-corrected chi connectivity index (χ2v) is 9.79. The molecule has 1 atom stereocenters. The van der Waals surface area contributed by atoms with Crippen molar-refractivity contribution in [3.63, 3.8) is 0 Å². The van der Waals surface area contributed by atoms with Crippen LogP contribution in [0.3, 0.4) is 0 Å². The Labute approximate surface area is 231 Å². The van der Waals surface area contributed by atoms with Crippen LogP contribution in [0.5, 0.6) is 5.88 Å². The lowest BCUT2D eigenvalue weighted by Gasteiger charge is -2.30. The average molecular weight is 573 g/mol. The smallest absolute Gasteiger partial charge is 0.433 e. The molecule has 0 spiro atoms. The van der Waals surface area contributed by atoms with E-state index in [2.05, 4.69) is 15.0 Å². The number of aryl methyl sites for hydroxylation is 1. The van der Waals surface area contributed by atoms with Gasteiger partial charge in [0.05, 0.1) is 35.9 Å². The summed E-state index contributed by atoms with van der Waals surface area (Å²) in [5.41, 5.74) is 0.443. The van der Waals surface area contributed by atoms with E-state index in [1.807, 2.05) is 0 Å². The first kappa shape index (κ1) is 26.9. The Morgan fingerprint density at radius 2 is 1.69 bits per heavy atom. The Kier molecular flexibility index (Phi) is 7.00. The van der Waals surface area contributed by atoms with Crippen molar-refractivity contribution in [2.24, 2.45) is 7.05 Å². The molecule has 11 heteroatoms. The lowest BCUT2D eigenvalue weighted by atomic mass is 9.83. The number of nitrogens with zero attached hydrogens (tertiary/aromatic N) is 4. The van der Waals surface area contributed by atoms with Crippen LogP contribution >= 0.6 is 23.2 Å². The molecular formula is C28H21Cl2F3N4O2. The summed E-state index contributed by atoms with van der Waals surface area (Å²) in [6.07, 6.45) is -0.0868. The molecule has 1 N–H and O–H groups in total. The first-order chi connectivity index (χ1) is 18.5. The Morgan fingerprint density at radius 1 is 0.974 bits per heavy atom. The number of aliphatic hydroxyl groups is 1. The van der Waals surface area contributed by atoms with E-state index in [0.717, 1.165) is 12.3 Å². The van der Waals surface area contributed by atoms with Crippen LogP contribution < -0.4 is 4.74 Å². The van der Waals surface area contributed by atoms with Crippen LogP contribution in [0.2, 0.25) is 10.0 Å².